The Morgan fingerprint density at radius 1 is 0.560 bits per heavy atom. The maximum absolute atomic E-state index is 6.88. The van der Waals surface area contributed by atoms with Crippen LogP contribution in [0.3, 0.4) is 0 Å². The SMILES string of the molecule is [B]c1c(-c2ccc(-c3c4ccccc4c(-c4ccccc4)c4c([B])cccc34)cc2)c([B])c2oc3cc(/C(C)=C/C=C\C=C)ccc3c2c1[B]. The van der Waals surface area contributed by atoms with Crippen molar-refractivity contribution in [1.82, 2.24) is 0 Å². The summed E-state index contributed by atoms with van der Waals surface area (Å²) in [6.07, 6.45) is 7.63. The molecule has 1 heterocycles. The van der Waals surface area contributed by atoms with Crippen LogP contribution < -0.4 is 21.9 Å². The highest BCUT2D eigenvalue weighted by molar-refractivity contribution is 6.60. The zero-order valence-corrected chi connectivity index (χ0v) is 27.7. The highest BCUT2D eigenvalue weighted by Crippen LogP contribution is 2.43. The molecule has 226 valence electrons. The lowest BCUT2D eigenvalue weighted by Gasteiger charge is -2.20. The monoisotopic (exact) mass is 628 g/mol. The van der Waals surface area contributed by atoms with Crippen LogP contribution in [-0.2, 0) is 0 Å². The van der Waals surface area contributed by atoms with E-state index in [9.17, 15) is 0 Å². The molecule has 8 rings (SSSR count). The van der Waals surface area contributed by atoms with Gasteiger partial charge in [0.1, 0.15) is 42.6 Å². The van der Waals surface area contributed by atoms with E-state index < -0.39 is 0 Å². The lowest BCUT2D eigenvalue weighted by Crippen LogP contribution is -2.34. The van der Waals surface area contributed by atoms with E-state index in [-0.39, 0.29) is 0 Å². The first kappa shape index (κ1) is 31.6. The summed E-state index contributed by atoms with van der Waals surface area (Å²) in [5, 5.41) is 6.00. The van der Waals surface area contributed by atoms with Crippen LogP contribution in [0.5, 0.6) is 0 Å². The number of furan rings is 1. The van der Waals surface area contributed by atoms with E-state index in [1.54, 1.807) is 6.08 Å². The molecular formula is C45H28B4O. The number of fused-ring (bicyclic) bond motifs is 5. The molecule has 0 aliphatic rings. The zero-order valence-electron chi connectivity index (χ0n) is 27.7. The molecule has 0 aliphatic carbocycles. The van der Waals surface area contributed by atoms with E-state index in [2.05, 4.69) is 86.3 Å². The number of rotatable bonds is 6. The third-order valence-electron chi connectivity index (χ3n) is 9.69. The molecule has 0 atom stereocenters. The molecule has 0 amide bonds. The van der Waals surface area contributed by atoms with Crippen molar-refractivity contribution in [3.8, 4) is 33.4 Å². The molecule has 0 bridgehead atoms. The molecule has 5 heteroatoms. The maximum atomic E-state index is 6.88. The van der Waals surface area contributed by atoms with Crippen molar-refractivity contribution < 1.29 is 4.42 Å². The second kappa shape index (κ2) is 12.7. The second-order valence-corrected chi connectivity index (χ2v) is 12.6. The molecule has 0 spiro atoms. The Bertz CT molecular complexity index is 2700. The summed E-state index contributed by atoms with van der Waals surface area (Å²) in [5.41, 5.74) is 11.3. The molecule has 8 radical (unpaired) electrons. The largest absolute Gasteiger partial charge is 0.457 e. The zero-order chi connectivity index (χ0) is 34.5. The molecule has 8 aromatic rings. The minimum absolute atomic E-state index is 0.427. The summed E-state index contributed by atoms with van der Waals surface area (Å²) < 4.78 is 6.41. The smallest absolute Gasteiger partial charge is 0.135 e. The third-order valence-corrected chi connectivity index (χ3v) is 9.69. The van der Waals surface area contributed by atoms with Gasteiger partial charge in [0.15, 0.2) is 0 Å². The van der Waals surface area contributed by atoms with Crippen LogP contribution in [0, 0.1) is 0 Å². The number of hydrogen-bond acceptors (Lipinski definition) is 1. The highest BCUT2D eigenvalue weighted by atomic mass is 16.3. The fraction of sp³-hybridized carbons (Fsp3) is 0.0222. The van der Waals surface area contributed by atoms with Crippen LogP contribution in [0.1, 0.15) is 12.5 Å². The molecule has 0 saturated heterocycles. The van der Waals surface area contributed by atoms with Crippen LogP contribution in [0.4, 0.5) is 0 Å². The molecule has 1 aromatic heterocycles. The normalized spacial score (nSPS) is 12.1. The molecule has 50 heavy (non-hydrogen) atoms. The summed E-state index contributed by atoms with van der Waals surface area (Å²) in [4.78, 5) is 0. The molecule has 0 fully saturated rings. The Balaban J connectivity index is 1.28. The summed E-state index contributed by atoms with van der Waals surface area (Å²) in [6.45, 7) is 5.79. The fourth-order valence-electron chi connectivity index (χ4n) is 7.29. The fourth-order valence-corrected chi connectivity index (χ4v) is 7.29. The standard InChI is InChI=1S/C45H28B4O/c1-3-4-6-12-26(2)30-23-24-33-36(25-30)50-45-41(33)43(48)42(47)39(44(45)49)29-21-19-28(20-22-29)37-31-15-9-10-16-32(31)38(27-13-7-5-8-14-27)40-34(37)17-11-18-35(40)46/h3-25H,1H2,2H3/b6-4-,26-12+. The van der Waals surface area contributed by atoms with Crippen molar-refractivity contribution in [1.29, 1.82) is 0 Å². The average Bonchev–Trinajstić information content (AvgIpc) is 3.53. The third kappa shape index (κ3) is 5.08. The van der Waals surface area contributed by atoms with Crippen molar-refractivity contribution in [2.24, 2.45) is 0 Å². The van der Waals surface area contributed by atoms with Crippen molar-refractivity contribution >= 4 is 102 Å². The topological polar surface area (TPSA) is 13.1 Å². The average molecular weight is 628 g/mol. The summed E-state index contributed by atoms with van der Waals surface area (Å²) in [7, 11) is 27.2. The van der Waals surface area contributed by atoms with Gasteiger partial charge in [-0.2, -0.15) is 0 Å². The van der Waals surface area contributed by atoms with Gasteiger partial charge >= 0.3 is 0 Å². The predicted octanol–water partition coefficient (Wildman–Crippen LogP) is 8.21. The molecule has 0 N–H and O–H groups in total. The van der Waals surface area contributed by atoms with Crippen LogP contribution in [-0.4, -0.2) is 31.4 Å². The van der Waals surface area contributed by atoms with Gasteiger partial charge in [-0.3, -0.25) is 0 Å². The van der Waals surface area contributed by atoms with E-state index in [4.69, 9.17) is 35.8 Å². The van der Waals surface area contributed by atoms with Crippen molar-refractivity contribution in [2.75, 3.05) is 0 Å². The number of benzene rings is 7. The van der Waals surface area contributed by atoms with Gasteiger partial charge in [0.05, 0.1) is 0 Å². The van der Waals surface area contributed by atoms with Crippen LogP contribution >= 0.6 is 0 Å². The number of hydrogen-bond donors (Lipinski definition) is 0. The Kier molecular flexibility index (Phi) is 8.00. The predicted molar refractivity (Wildman–Crippen MR) is 220 cm³/mol. The van der Waals surface area contributed by atoms with E-state index in [0.29, 0.717) is 33.1 Å². The van der Waals surface area contributed by atoms with E-state index in [1.807, 2.05) is 60.7 Å². The molecule has 0 unspecified atom stereocenters. The Labute approximate surface area is 297 Å². The summed E-state index contributed by atoms with van der Waals surface area (Å²) in [6, 6.07) is 39.5. The Hall–Kier alpha value is -5.66. The van der Waals surface area contributed by atoms with E-state index in [1.165, 1.54) is 0 Å². The summed E-state index contributed by atoms with van der Waals surface area (Å²) >= 11 is 0. The minimum Gasteiger partial charge on any atom is -0.457 e. The second-order valence-electron chi connectivity index (χ2n) is 12.6. The van der Waals surface area contributed by atoms with E-state index in [0.717, 1.165) is 76.7 Å². The first-order valence-corrected chi connectivity index (χ1v) is 16.6. The molecule has 7 aromatic carbocycles. The van der Waals surface area contributed by atoms with Gasteiger partial charge < -0.3 is 4.42 Å². The van der Waals surface area contributed by atoms with Gasteiger partial charge in [-0.15, -0.1) is 0 Å². The van der Waals surface area contributed by atoms with Crippen molar-refractivity contribution in [2.45, 2.75) is 6.92 Å². The Morgan fingerprint density at radius 2 is 1.20 bits per heavy atom. The van der Waals surface area contributed by atoms with Gasteiger partial charge in [0.25, 0.3) is 0 Å². The first-order chi connectivity index (χ1) is 24.4. The van der Waals surface area contributed by atoms with Gasteiger partial charge in [0, 0.05) is 10.8 Å². The van der Waals surface area contributed by atoms with Crippen LogP contribution in [0.2, 0.25) is 0 Å². The lowest BCUT2D eigenvalue weighted by atomic mass is 9.69. The first-order valence-electron chi connectivity index (χ1n) is 16.6. The van der Waals surface area contributed by atoms with E-state index >= 15 is 0 Å². The molecule has 1 nitrogen and oxygen atoms in total. The van der Waals surface area contributed by atoms with Crippen molar-refractivity contribution in [3.63, 3.8) is 0 Å². The van der Waals surface area contributed by atoms with Crippen LogP contribution in [0.25, 0.3) is 82.4 Å². The number of allylic oxidation sites excluding steroid dienone is 5. The quantitative estimate of drug-likeness (QED) is 0.103. The molecule has 0 saturated carbocycles. The van der Waals surface area contributed by atoms with Gasteiger partial charge in [-0.25, -0.2) is 0 Å². The molecular weight excluding hydrogens is 600 g/mol. The summed E-state index contributed by atoms with van der Waals surface area (Å²) in [5.74, 6) is 0. The van der Waals surface area contributed by atoms with Crippen LogP contribution in [0.15, 0.2) is 151 Å². The Morgan fingerprint density at radius 3 is 1.92 bits per heavy atom. The molecule has 0 aliphatic heterocycles. The van der Waals surface area contributed by atoms with Gasteiger partial charge in [-0.05, 0) is 90.6 Å². The minimum atomic E-state index is 0.427. The van der Waals surface area contributed by atoms with Gasteiger partial charge in [-0.1, -0.05) is 150 Å². The van der Waals surface area contributed by atoms with Crippen molar-refractivity contribution in [3.05, 3.63) is 152 Å². The maximum Gasteiger partial charge on any atom is 0.135 e. The lowest BCUT2D eigenvalue weighted by molar-refractivity contribution is 0.671. The highest BCUT2D eigenvalue weighted by Gasteiger charge is 2.20. The van der Waals surface area contributed by atoms with Gasteiger partial charge in [0.2, 0.25) is 0 Å².